The largest absolute Gasteiger partial charge is 0.392 e. The Labute approximate surface area is 140 Å². The van der Waals surface area contributed by atoms with Crippen LogP contribution in [0.1, 0.15) is 5.56 Å². The first-order valence-corrected chi connectivity index (χ1v) is 7.46. The molecule has 7 heteroatoms. The molecule has 3 N–H and O–H groups in total. The van der Waals surface area contributed by atoms with Crippen LogP contribution in [-0.2, 0) is 6.61 Å². The van der Waals surface area contributed by atoms with E-state index in [2.05, 4.69) is 26.6 Å². The molecule has 0 aliphatic rings. The molecule has 2 aromatic rings. The number of nitrogens with one attached hydrogen (secondary N) is 2. The Morgan fingerprint density at radius 3 is 2.38 bits per heavy atom. The predicted octanol–water partition coefficient (Wildman–Crippen LogP) is 4.89. The van der Waals surface area contributed by atoms with Gasteiger partial charge in [-0.25, -0.2) is 4.79 Å². The number of carbonyl (C=O) groups excluding carboxylic acids is 1. The zero-order valence-corrected chi connectivity index (χ0v) is 13.8. The van der Waals surface area contributed by atoms with Crippen molar-refractivity contribution in [2.75, 3.05) is 10.6 Å². The van der Waals surface area contributed by atoms with Crippen molar-refractivity contribution in [3.05, 3.63) is 56.5 Å². The molecule has 0 fully saturated rings. The number of urea groups is 1. The molecule has 0 unspecified atom stereocenters. The molecule has 2 rings (SSSR count). The first-order chi connectivity index (χ1) is 9.97. The standard InChI is InChI=1S/C14H11BrCl2N2O2/c15-9-2-1-8(7-20)13(3-9)19-14(21)18-12-5-10(16)4-11(17)6-12/h1-6,20H,7H2,(H2,18,19,21). The van der Waals surface area contributed by atoms with E-state index in [1.54, 1.807) is 36.4 Å². The Hall–Kier alpha value is -1.27. The van der Waals surface area contributed by atoms with Crippen LogP contribution in [0.15, 0.2) is 40.9 Å². The van der Waals surface area contributed by atoms with Gasteiger partial charge in [0.25, 0.3) is 0 Å². The zero-order chi connectivity index (χ0) is 15.4. The highest BCUT2D eigenvalue weighted by atomic mass is 79.9. The molecule has 0 radical (unpaired) electrons. The summed E-state index contributed by atoms with van der Waals surface area (Å²) in [6, 6.07) is 9.49. The number of rotatable bonds is 3. The quantitative estimate of drug-likeness (QED) is 0.699. The maximum absolute atomic E-state index is 12.0. The van der Waals surface area contributed by atoms with E-state index in [1.807, 2.05) is 0 Å². The molecule has 21 heavy (non-hydrogen) atoms. The predicted molar refractivity (Wildman–Crippen MR) is 89.2 cm³/mol. The van der Waals surface area contributed by atoms with Gasteiger partial charge in [-0.15, -0.1) is 0 Å². The summed E-state index contributed by atoms with van der Waals surface area (Å²) in [5, 5.41) is 15.4. The average Bonchev–Trinajstić information content (AvgIpc) is 2.37. The summed E-state index contributed by atoms with van der Waals surface area (Å²) in [5.41, 5.74) is 1.60. The van der Waals surface area contributed by atoms with E-state index in [-0.39, 0.29) is 6.61 Å². The number of benzene rings is 2. The summed E-state index contributed by atoms with van der Waals surface area (Å²) in [6.45, 7) is -0.175. The summed E-state index contributed by atoms with van der Waals surface area (Å²) in [7, 11) is 0. The van der Waals surface area contributed by atoms with Gasteiger partial charge in [-0.1, -0.05) is 45.2 Å². The number of aliphatic hydroxyl groups is 1. The lowest BCUT2D eigenvalue weighted by Gasteiger charge is -2.11. The van der Waals surface area contributed by atoms with Crippen molar-refractivity contribution in [2.45, 2.75) is 6.61 Å². The Kier molecular flexibility index (Phi) is 5.47. The second-order valence-corrected chi connectivity index (χ2v) is 5.99. The summed E-state index contributed by atoms with van der Waals surface area (Å²) >= 11 is 15.0. The van der Waals surface area contributed by atoms with Crippen LogP contribution >= 0.6 is 39.1 Å². The average molecular weight is 390 g/mol. The van der Waals surface area contributed by atoms with Gasteiger partial charge < -0.3 is 15.7 Å². The van der Waals surface area contributed by atoms with Gasteiger partial charge in [-0.2, -0.15) is 0 Å². The Morgan fingerprint density at radius 1 is 1.10 bits per heavy atom. The number of aliphatic hydroxyl groups excluding tert-OH is 1. The molecule has 0 spiro atoms. The van der Waals surface area contributed by atoms with Gasteiger partial charge >= 0.3 is 6.03 Å². The molecule has 0 aliphatic carbocycles. The number of hydrogen-bond donors (Lipinski definition) is 3. The fourth-order valence-corrected chi connectivity index (χ4v) is 2.60. The number of hydrogen-bond acceptors (Lipinski definition) is 2. The highest BCUT2D eigenvalue weighted by molar-refractivity contribution is 9.10. The van der Waals surface area contributed by atoms with Gasteiger partial charge in [0.1, 0.15) is 0 Å². The molecule has 0 aromatic heterocycles. The molecule has 0 bridgehead atoms. The molecule has 0 saturated heterocycles. The summed E-state index contributed by atoms with van der Waals surface area (Å²) in [6.07, 6.45) is 0. The van der Waals surface area contributed by atoms with Crippen LogP contribution in [0.2, 0.25) is 10.0 Å². The van der Waals surface area contributed by atoms with Crippen LogP contribution in [0.5, 0.6) is 0 Å². The lowest BCUT2D eigenvalue weighted by Crippen LogP contribution is -2.20. The van der Waals surface area contributed by atoms with Crippen molar-refractivity contribution in [1.29, 1.82) is 0 Å². The van der Waals surface area contributed by atoms with Gasteiger partial charge in [0.15, 0.2) is 0 Å². The van der Waals surface area contributed by atoms with Crippen LogP contribution in [0, 0.1) is 0 Å². The fourth-order valence-electron chi connectivity index (χ4n) is 1.71. The van der Waals surface area contributed by atoms with E-state index in [0.717, 1.165) is 4.47 Å². The molecular formula is C14H11BrCl2N2O2. The maximum atomic E-state index is 12.0. The highest BCUT2D eigenvalue weighted by Gasteiger charge is 2.08. The monoisotopic (exact) mass is 388 g/mol. The number of amides is 2. The van der Waals surface area contributed by atoms with Gasteiger partial charge in [0.05, 0.1) is 6.61 Å². The fraction of sp³-hybridized carbons (Fsp3) is 0.0714. The van der Waals surface area contributed by atoms with E-state index in [1.165, 1.54) is 0 Å². The van der Waals surface area contributed by atoms with Crippen molar-refractivity contribution >= 4 is 56.5 Å². The number of anilines is 2. The van der Waals surface area contributed by atoms with Crippen molar-refractivity contribution in [3.63, 3.8) is 0 Å². The van der Waals surface area contributed by atoms with Gasteiger partial charge in [0, 0.05) is 31.5 Å². The van der Waals surface area contributed by atoms with Gasteiger partial charge in [-0.05, 0) is 30.3 Å². The SMILES string of the molecule is O=C(Nc1cc(Cl)cc(Cl)c1)Nc1cc(Br)ccc1CO. The van der Waals surface area contributed by atoms with Crippen molar-refractivity contribution < 1.29 is 9.90 Å². The molecule has 4 nitrogen and oxygen atoms in total. The Balaban J connectivity index is 2.13. The summed E-state index contributed by atoms with van der Waals surface area (Å²) in [4.78, 5) is 12.0. The van der Waals surface area contributed by atoms with E-state index >= 15 is 0 Å². The minimum Gasteiger partial charge on any atom is -0.392 e. The van der Waals surface area contributed by atoms with Crippen molar-refractivity contribution in [3.8, 4) is 0 Å². The van der Waals surface area contributed by atoms with Crippen LogP contribution in [0.25, 0.3) is 0 Å². The van der Waals surface area contributed by atoms with Crippen molar-refractivity contribution in [2.24, 2.45) is 0 Å². The highest BCUT2D eigenvalue weighted by Crippen LogP contribution is 2.24. The first-order valence-electron chi connectivity index (χ1n) is 5.91. The summed E-state index contributed by atoms with van der Waals surface area (Å²) < 4.78 is 0.792. The second kappa shape index (κ2) is 7.13. The van der Waals surface area contributed by atoms with Gasteiger partial charge in [0.2, 0.25) is 0 Å². The van der Waals surface area contributed by atoms with E-state index < -0.39 is 6.03 Å². The minimum absolute atomic E-state index is 0.175. The Bertz CT molecular complexity index is 660. The minimum atomic E-state index is -0.457. The topological polar surface area (TPSA) is 61.4 Å². The molecule has 0 heterocycles. The van der Waals surface area contributed by atoms with Crippen molar-refractivity contribution in [1.82, 2.24) is 0 Å². The normalized spacial score (nSPS) is 10.3. The molecule has 110 valence electrons. The third-order valence-corrected chi connectivity index (χ3v) is 3.54. The van der Waals surface area contributed by atoms with E-state index in [4.69, 9.17) is 23.2 Å². The molecule has 0 saturated carbocycles. The van der Waals surface area contributed by atoms with Crippen LogP contribution in [-0.4, -0.2) is 11.1 Å². The number of halogens is 3. The van der Waals surface area contributed by atoms with E-state index in [0.29, 0.717) is 27.0 Å². The lowest BCUT2D eigenvalue weighted by atomic mass is 10.2. The third-order valence-electron chi connectivity index (χ3n) is 2.61. The lowest BCUT2D eigenvalue weighted by molar-refractivity contribution is 0.262. The van der Waals surface area contributed by atoms with E-state index in [9.17, 15) is 9.90 Å². The second-order valence-electron chi connectivity index (χ2n) is 4.20. The van der Waals surface area contributed by atoms with Crippen LogP contribution in [0.3, 0.4) is 0 Å². The molecule has 2 amide bonds. The number of carbonyl (C=O) groups is 1. The Morgan fingerprint density at radius 2 is 1.76 bits per heavy atom. The van der Waals surface area contributed by atoms with Crippen LogP contribution in [0.4, 0.5) is 16.2 Å². The molecular weight excluding hydrogens is 379 g/mol. The van der Waals surface area contributed by atoms with Crippen LogP contribution < -0.4 is 10.6 Å². The molecule has 0 aliphatic heterocycles. The summed E-state index contributed by atoms with van der Waals surface area (Å²) in [5.74, 6) is 0. The smallest absolute Gasteiger partial charge is 0.323 e. The first kappa shape index (κ1) is 16.1. The van der Waals surface area contributed by atoms with Gasteiger partial charge in [-0.3, -0.25) is 0 Å². The molecule has 2 aromatic carbocycles. The third kappa shape index (κ3) is 4.61. The maximum Gasteiger partial charge on any atom is 0.323 e. The zero-order valence-electron chi connectivity index (χ0n) is 10.7. The molecule has 0 atom stereocenters.